The molecule has 4 aromatic rings. The van der Waals surface area contributed by atoms with Crippen LogP contribution in [0.25, 0.3) is 33.0 Å². The third-order valence-electron chi connectivity index (χ3n) is 4.98. The van der Waals surface area contributed by atoms with Gasteiger partial charge in [0.25, 0.3) is 0 Å². The first kappa shape index (κ1) is 16.6. The summed E-state index contributed by atoms with van der Waals surface area (Å²) in [4.78, 5) is 0. The molecule has 0 saturated heterocycles. The molecule has 0 saturated carbocycles. The van der Waals surface area contributed by atoms with E-state index in [9.17, 15) is 19.0 Å². The lowest BCUT2D eigenvalue weighted by Gasteiger charge is -2.25. The topological polar surface area (TPSA) is 49.7 Å². The van der Waals surface area contributed by atoms with Crippen LogP contribution in [0, 0.1) is 11.6 Å². The molecule has 1 aliphatic rings. The van der Waals surface area contributed by atoms with Crippen molar-refractivity contribution in [2.45, 2.75) is 6.61 Å². The van der Waals surface area contributed by atoms with E-state index in [-0.39, 0.29) is 18.1 Å². The zero-order valence-corrected chi connectivity index (χ0v) is 14.5. The van der Waals surface area contributed by atoms with Crippen LogP contribution >= 0.6 is 0 Å². The Bertz CT molecular complexity index is 1240. The summed E-state index contributed by atoms with van der Waals surface area (Å²) in [7, 11) is 0. The van der Waals surface area contributed by atoms with E-state index in [1.165, 1.54) is 12.1 Å². The number of benzene rings is 4. The van der Waals surface area contributed by atoms with Crippen LogP contribution in [-0.2, 0) is 6.61 Å². The lowest BCUT2D eigenvalue weighted by molar-refractivity contribution is 0.303. The first-order valence-corrected chi connectivity index (χ1v) is 8.71. The maximum Gasteiger partial charge on any atom is 0.136 e. The van der Waals surface area contributed by atoms with Crippen LogP contribution in [0.1, 0.15) is 5.56 Å². The molecule has 1 aliphatic heterocycles. The highest BCUT2D eigenvalue weighted by Crippen LogP contribution is 2.48. The molecular formula is C23H14F2O3. The fraction of sp³-hybridized carbons (Fsp3) is 0.0435. The summed E-state index contributed by atoms with van der Waals surface area (Å²) < 4.78 is 33.9. The summed E-state index contributed by atoms with van der Waals surface area (Å²) >= 11 is 0. The van der Waals surface area contributed by atoms with Gasteiger partial charge in [0.1, 0.15) is 35.5 Å². The molecule has 5 rings (SSSR count). The van der Waals surface area contributed by atoms with Crippen LogP contribution in [-0.4, -0.2) is 10.2 Å². The Hall–Kier alpha value is -3.60. The summed E-state index contributed by atoms with van der Waals surface area (Å²) in [6.45, 7) is 0.214. The average molecular weight is 376 g/mol. The van der Waals surface area contributed by atoms with Crippen molar-refractivity contribution >= 4 is 10.8 Å². The predicted octanol–water partition coefficient (Wildman–Crippen LogP) is 5.76. The number of ether oxygens (including phenoxy) is 1. The number of aromatic hydroxyl groups is 2. The zero-order valence-electron chi connectivity index (χ0n) is 14.5. The second-order valence-electron chi connectivity index (χ2n) is 6.82. The van der Waals surface area contributed by atoms with E-state index in [2.05, 4.69) is 0 Å². The molecule has 0 amide bonds. The first-order valence-electron chi connectivity index (χ1n) is 8.71. The summed E-state index contributed by atoms with van der Waals surface area (Å²) in [5.41, 5.74) is 3.31. The molecule has 5 heteroatoms. The van der Waals surface area contributed by atoms with Crippen LogP contribution in [0.5, 0.6) is 17.2 Å². The van der Waals surface area contributed by atoms with E-state index in [0.717, 1.165) is 28.1 Å². The van der Waals surface area contributed by atoms with Crippen LogP contribution < -0.4 is 4.74 Å². The van der Waals surface area contributed by atoms with Crippen LogP contribution in [0.3, 0.4) is 0 Å². The van der Waals surface area contributed by atoms with Crippen molar-refractivity contribution in [2.24, 2.45) is 0 Å². The van der Waals surface area contributed by atoms with Gasteiger partial charge in [-0.25, -0.2) is 8.78 Å². The normalized spacial score (nSPS) is 12.4. The Morgan fingerprint density at radius 2 is 1.46 bits per heavy atom. The van der Waals surface area contributed by atoms with Gasteiger partial charge < -0.3 is 14.9 Å². The molecule has 0 fully saturated rings. The number of halogens is 2. The lowest BCUT2D eigenvalue weighted by atomic mass is 9.88. The monoisotopic (exact) mass is 376 g/mol. The van der Waals surface area contributed by atoms with E-state index < -0.39 is 11.6 Å². The van der Waals surface area contributed by atoms with Gasteiger partial charge in [-0.1, -0.05) is 12.1 Å². The maximum atomic E-state index is 14.0. The molecule has 0 atom stereocenters. The van der Waals surface area contributed by atoms with Crippen molar-refractivity contribution in [3.8, 4) is 39.5 Å². The Balaban J connectivity index is 1.91. The van der Waals surface area contributed by atoms with Gasteiger partial charge in [-0.2, -0.15) is 0 Å². The number of hydrogen-bond acceptors (Lipinski definition) is 3. The molecular weight excluding hydrogens is 362 g/mol. The third kappa shape index (κ3) is 2.55. The molecule has 1 heterocycles. The lowest BCUT2D eigenvalue weighted by Crippen LogP contribution is -2.07. The smallest absolute Gasteiger partial charge is 0.136 e. The largest absolute Gasteiger partial charge is 0.508 e. The van der Waals surface area contributed by atoms with Gasteiger partial charge >= 0.3 is 0 Å². The molecule has 0 bridgehead atoms. The van der Waals surface area contributed by atoms with Crippen LogP contribution in [0.4, 0.5) is 8.78 Å². The van der Waals surface area contributed by atoms with E-state index >= 15 is 0 Å². The quantitative estimate of drug-likeness (QED) is 0.444. The molecule has 0 spiro atoms. The highest BCUT2D eigenvalue weighted by molar-refractivity contribution is 6.05. The maximum absolute atomic E-state index is 14.0. The SMILES string of the molecule is Oc1ccc2c(c1)COc1c-2cc2ccc(O)cc2c1-c1cc(F)cc(F)c1. The van der Waals surface area contributed by atoms with E-state index in [0.29, 0.717) is 22.3 Å². The molecule has 4 aromatic carbocycles. The van der Waals surface area contributed by atoms with Crippen molar-refractivity contribution < 1.29 is 23.7 Å². The zero-order chi connectivity index (χ0) is 19.4. The molecule has 2 N–H and O–H groups in total. The van der Waals surface area contributed by atoms with Gasteiger partial charge in [0, 0.05) is 22.8 Å². The van der Waals surface area contributed by atoms with Gasteiger partial charge in [0.05, 0.1) is 0 Å². The fourth-order valence-electron chi connectivity index (χ4n) is 3.81. The fourth-order valence-corrected chi connectivity index (χ4v) is 3.81. The number of hydrogen-bond donors (Lipinski definition) is 2. The Morgan fingerprint density at radius 1 is 0.750 bits per heavy atom. The number of phenolic OH excluding ortho intramolecular Hbond substituents is 2. The Morgan fingerprint density at radius 3 is 2.25 bits per heavy atom. The highest BCUT2D eigenvalue weighted by Gasteiger charge is 2.24. The Kier molecular flexibility index (Phi) is 3.52. The van der Waals surface area contributed by atoms with Gasteiger partial charge in [0.15, 0.2) is 0 Å². The minimum absolute atomic E-state index is 0.0479. The van der Waals surface area contributed by atoms with Crippen molar-refractivity contribution in [1.29, 1.82) is 0 Å². The summed E-state index contributed by atoms with van der Waals surface area (Å²) in [5, 5.41) is 21.2. The van der Waals surface area contributed by atoms with Crippen molar-refractivity contribution in [1.82, 2.24) is 0 Å². The van der Waals surface area contributed by atoms with Crippen molar-refractivity contribution in [3.63, 3.8) is 0 Å². The molecule has 0 unspecified atom stereocenters. The number of fused-ring (bicyclic) bond motifs is 4. The van der Waals surface area contributed by atoms with E-state index in [1.54, 1.807) is 36.4 Å². The van der Waals surface area contributed by atoms with Crippen molar-refractivity contribution in [3.05, 3.63) is 77.9 Å². The molecule has 3 nitrogen and oxygen atoms in total. The third-order valence-corrected chi connectivity index (χ3v) is 4.98. The standard InChI is InChI=1S/C23H14F2O3/c24-15-5-13(6-16(25)9-15)22-20-10-18(27)2-1-12(20)8-21-19-4-3-17(26)7-14(19)11-28-23(21)22/h1-10,26-27H,11H2. The molecule has 0 aliphatic carbocycles. The molecule has 0 radical (unpaired) electrons. The number of rotatable bonds is 1. The van der Waals surface area contributed by atoms with Crippen molar-refractivity contribution in [2.75, 3.05) is 0 Å². The van der Waals surface area contributed by atoms with Gasteiger partial charge in [0.2, 0.25) is 0 Å². The average Bonchev–Trinajstić information content (AvgIpc) is 2.65. The molecule has 138 valence electrons. The van der Waals surface area contributed by atoms with E-state index in [1.807, 2.05) is 6.07 Å². The van der Waals surface area contributed by atoms with E-state index in [4.69, 9.17) is 4.74 Å². The summed E-state index contributed by atoms with van der Waals surface area (Å²) in [6, 6.07) is 15.1. The summed E-state index contributed by atoms with van der Waals surface area (Å²) in [5.74, 6) is -0.707. The van der Waals surface area contributed by atoms with Crippen LogP contribution in [0.15, 0.2) is 60.7 Å². The second-order valence-corrected chi connectivity index (χ2v) is 6.82. The van der Waals surface area contributed by atoms with Crippen LogP contribution in [0.2, 0.25) is 0 Å². The molecule has 0 aromatic heterocycles. The summed E-state index contributed by atoms with van der Waals surface area (Å²) in [6.07, 6.45) is 0. The highest BCUT2D eigenvalue weighted by atomic mass is 19.1. The second kappa shape index (κ2) is 5.96. The first-order chi connectivity index (χ1) is 13.5. The van der Waals surface area contributed by atoms with Gasteiger partial charge in [-0.05, 0) is 64.4 Å². The predicted molar refractivity (Wildman–Crippen MR) is 102 cm³/mol. The minimum Gasteiger partial charge on any atom is -0.508 e. The van der Waals surface area contributed by atoms with Gasteiger partial charge in [-0.15, -0.1) is 0 Å². The van der Waals surface area contributed by atoms with Gasteiger partial charge in [-0.3, -0.25) is 0 Å². The Labute approximate surface area is 159 Å². The number of phenols is 2. The minimum atomic E-state index is -0.693. The molecule has 28 heavy (non-hydrogen) atoms.